The molecule has 1 unspecified atom stereocenters. The molecule has 3 aromatic carbocycles. The van der Waals surface area contributed by atoms with E-state index in [1.54, 1.807) is 24.3 Å². The zero-order valence-electron chi connectivity index (χ0n) is 16.1. The summed E-state index contributed by atoms with van der Waals surface area (Å²) in [5.74, 6) is 1.18. The fraction of sp³-hybridized carbons (Fsp3) is 0.200. The van der Waals surface area contributed by atoms with Crippen LogP contribution in [0.3, 0.4) is 0 Å². The number of hydrogen-bond donors (Lipinski definition) is 0. The molecule has 29 heavy (non-hydrogen) atoms. The van der Waals surface area contributed by atoms with E-state index in [-0.39, 0.29) is 5.75 Å². The summed E-state index contributed by atoms with van der Waals surface area (Å²) in [6, 6.07) is 17.5. The Morgan fingerprint density at radius 2 is 1.62 bits per heavy atom. The average Bonchev–Trinajstić information content (AvgIpc) is 2.73. The fourth-order valence-corrected chi connectivity index (χ4v) is 3.18. The van der Waals surface area contributed by atoms with Gasteiger partial charge in [-0.2, -0.15) is 0 Å². The molecule has 0 heterocycles. The van der Waals surface area contributed by atoms with Gasteiger partial charge in [-0.25, -0.2) is 13.2 Å². The van der Waals surface area contributed by atoms with E-state index in [4.69, 9.17) is 11.2 Å². The molecular formula is C25H21F3O. The SMILES string of the molecule is C#CC(C)(CCCc1ccc(F)c(Oc2ccccc2)c1)c1ccc(F)c(F)c1. The van der Waals surface area contributed by atoms with Crippen LogP contribution in [0.1, 0.15) is 30.9 Å². The second-order valence-corrected chi connectivity index (χ2v) is 7.14. The van der Waals surface area contributed by atoms with Gasteiger partial charge >= 0.3 is 0 Å². The van der Waals surface area contributed by atoms with Crippen molar-refractivity contribution in [3.8, 4) is 23.8 Å². The molecule has 0 spiro atoms. The number of aryl methyl sites for hydroxylation is 1. The van der Waals surface area contributed by atoms with E-state index in [1.807, 2.05) is 25.1 Å². The smallest absolute Gasteiger partial charge is 0.165 e. The summed E-state index contributed by atoms with van der Waals surface area (Å²) >= 11 is 0. The molecule has 4 heteroatoms. The Hall–Kier alpha value is -3.19. The molecule has 0 N–H and O–H groups in total. The van der Waals surface area contributed by atoms with Gasteiger partial charge in [0.05, 0.1) is 5.41 Å². The van der Waals surface area contributed by atoms with Crippen molar-refractivity contribution < 1.29 is 17.9 Å². The van der Waals surface area contributed by atoms with E-state index < -0.39 is 22.9 Å². The third-order valence-corrected chi connectivity index (χ3v) is 4.98. The molecule has 0 saturated carbocycles. The molecule has 0 amide bonds. The van der Waals surface area contributed by atoms with Crippen LogP contribution >= 0.6 is 0 Å². The van der Waals surface area contributed by atoms with Crippen molar-refractivity contribution in [3.05, 3.63) is 95.3 Å². The quantitative estimate of drug-likeness (QED) is 0.400. The third kappa shape index (κ3) is 5.00. The molecule has 1 atom stereocenters. The molecular weight excluding hydrogens is 373 g/mol. The summed E-state index contributed by atoms with van der Waals surface area (Å²) in [6.45, 7) is 1.83. The summed E-state index contributed by atoms with van der Waals surface area (Å²) in [5.41, 5.74) is 0.742. The number of para-hydroxylation sites is 1. The van der Waals surface area contributed by atoms with Crippen LogP contribution in [0, 0.1) is 29.8 Å². The van der Waals surface area contributed by atoms with E-state index in [0.717, 1.165) is 17.7 Å². The van der Waals surface area contributed by atoms with Gasteiger partial charge in [-0.3, -0.25) is 0 Å². The molecule has 3 rings (SSSR count). The normalized spacial score (nSPS) is 12.8. The molecule has 3 aromatic rings. The molecule has 0 radical (unpaired) electrons. The first-order valence-corrected chi connectivity index (χ1v) is 9.36. The number of terminal acetylenes is 1. The van der Waals surface area contributed by atoms with Gasteiger partial charge < -0.3 is 4.74 Å². The van der Waals surface area contributed by atoms with Crippen LogP contribution in [-0.4, -0.2) is 0 Å². The highest BCUT2D eigenvalue weighted by Crippen LogP contribution is 2.31. The van der Waals surface area contributed by atoms with Crippen molar-refractivity contribution in [2.24, 2.45) is 0 Å². The monoisotopic (exact) mass is 394 g/mol. The second-order valence-electron chi connectivity index (χ2n) is 7.14. The Balaban J connectivity index is 1.68. The van der Waals surface area contributed by atoms with Gasteiger partial charge in [0.15, 0.2) is 23.2 Å². The van der Waals surface area contributed by atoms with Gasteiger partial charge in [0.25, 0.3) is 0 Å². The van der Waals surface area contributed by atoms with Crippen molar-refractivity contribution in [2.45, 2.75) is 31.6 Å². The molecule has 0 aromatic heterocycles. The van der Waals surface area contributed by atoms with Crippen LogP contribution < -0.4 is 4.74 Å². The van der Waals surface area contributed by atoms with Gasteiger partial charge in [-0.1, -0.05) is 36.3 Å². The Morgan fingerprint density at radius 3 is 2.31 bits per heavy atom. The Kier molecular flexibility index (Phi) is 6.29. The summed E-state index contributed by atoms with van der Waals surface area (Å²) in [4.78, 5) is 0. The van der Waals surface area contributed by atoms with E-state index in [2.05, 4.69) is 5.92 Å². The molecule has 0 saturated heterocycles. The Labute approximate surface area is 169 Å². The first kappa shape index (κ1) is 20.5. The highest BCUT2D eigenvalue weighted by Gasteiger charge is 2.25. The number of ether oxygens (including phenoxy) is 1. The van der Waals surface area contributed by atoms with Gasteiger partial charge in [0.1, 0.15) is 5.75 Å². The largest absolute Gasteiger partial charge is 0.454 e. The topological polar surface area (TPSA) is 9.23 Å². The van der Waals surface area contributed by atoms with E-state index in [9.17, 15) is 13.2 Å². The first-order valence-electron chi connectivity index (χ1n) is 9.36. The maximum absolute atomic E-state index is 14.1. The summed E-state index contributed by atoms with van der Waals surface area (Å²) in [7, 11) is 0. The lowest BCUT2D eigenvalue weighted by Gasteiger charge is -2.24. The Morgan fingerprint density at radius 1 is 0.897 bits per heavy atom. The van der Waals surface area contributed by atoms with Crippen molar-refractivity contribution >= 4 is 0 Å². The van der Waals surface area contributed by atoms with Crippen LogP contribution in [0.2, 0.25) is 0 Å². The van der Waals surface area contributed by atoms with Crippen molar-refractivity contribution in [1.29, 1.82) is 0 Å². The molecule has 0 bridgehead atoms. The summed E-state index contributed by atoms with van der Waals surface area (Å²) in [5, 5.41) is 0. The molecule has 0 aliphatic carbocycles. The second kappa shape index (κ2) is 8.87. The Bertz CT molecular complexity index is 1020. The minimum atomic E-state index is -0.912. The highest BCUT2D eigenvalue weighted by molar-refractivity contribution is 5.36. The van der Waals surface area contributed by atoms with Gasteiger partial charge in [0, 0.05) is 0 Å². The number of halogens is 3. The zero-order chi connectivity index (χ0) is 20.9. The first-order chi connectivity index (χ1) is 13.9. The summed E-state index contributed by atoms with van der Waals surface area (Å²) < 4.78 is 46.5. The summed E-state index contributed by atoms with van der Waals surface area (Å²) in [6.07, 6.45) is 7.61. The van der Waals surface area contributed by atoms with Crippen LogP contribution in [0.15, 0.2) is 66.7 Å². The third-order valence-electron chi connectivity index (χ3n) is 4.98. The van der Waals surface area contributed by atoms with Crippen LogP contribution in [0.5, 0.6) is 11.5 Å². The lowest BCUT2D eigenvalue weighted by Crippen LogP contribution is -2.20. The molecule has 0 aliphatic heterocycles. The van der Waals surface area contributed by atoms with Gasteiger partial charge in [-0.15, -0.1) is 6.42 Å². The average molecular weight is 394 g/mol. The predicted molar refractivity (Wildman–Crippen MR) is 108 cm³/mol. The molecule has 1 nitrogen and oxygen atoms in total. The van der Waals surface area contributed by atoms with E-state index in [1.165, 1.54) is 12.1 Å². The van der Waals surface area contributed by atoms with Gasteiger partial charge in [0.2, 0.25) is 0 Å². The van der Waals surface area contributed by atoms with Crippen LogP contribution in [-0.2, 0) is 11.8 Å². The number of benzene rings is 3. The molecule has 0 fully saturated rings. The lowest BCUT2D eigenvalue weighted by atomic mass is 9.78. The number of rotatable bonds is 7. The van der Waals surface area contributed by atoms with Crippen molar-refractivity contribution in [1.82, 2.24) is 0 Å². The van der Waals surface area contributed by atoms with Crippen LogP contribution in [0.25, 0.3) is 0 Å². The highest BCUT2D eigenvalue weighted by atomic mass is 19.2. The molecule has 0 aliphatic rings. The lowest BCUT2D eigenvalue weighted by molar-refractivity contribution is 0.441. The van der Waals surface area contributed by atoms with Crippen molar-refractivity contribution in [3.63, 3.8) is 0 Å². The minimum Gasteiger partial charge on any atom is -0.454 e. The fourth-order valence-electron chi connectivity index (χ4n) is 3.18. The number of hydrogen-bond acceptors (Lipinski definition) is 1. The van der Waals surface area contributed by atoms with E-state index >= 15 is 0 Å². The predicted octanol–water partition coefficient (Wildman–Crippen LogP) is 6.81. The minimum absolute atomic E-state index is 0.161. The van der Waals surface area contributed by atoms with Crippen molar-refractivity contribution in [2.75, 3.05) is 0 Å². The zero-order valence-corrected chi connectivity index (χ0v) is 16.1. The van der Waals surface area contributed by atoms with Gasteiger partial charge in [-0.05, 0) is 73.7 Å². The standard InChI is InChI=1S/C25H21F3O/c1-3-25(2,19-12-14-21(26)23(28)17-19)15-7-8-18-11-13-22(27)24(16-18)29-20-9-5-4-6-10-20/h1,4-6,9-14,16-17H,7-8,15H2,2H3. The maximum atomic E-state index is 14.1. The molecule has 148 valence electrons. The maximum Gasteiger partial charge on any atom is 0.165 e. The van der Waals surface area contributed by atoms with E-state index in [0.29, 0.717) is 30.6 Å². The van der Waals surface area contributed by atoms with Crippen LogP contribution in [0.4, 0.5) is 13.2 Å².